The lowest BCUT2D eigenvalue weighted by Gasteiger charge is -2.11. The van der Waals surface area contributed by atoms with Crippen LogP contribution in [0.3, 0.4) is 0 Å². The molecule has 1 N–H and O–H groups in total. The topological polar surface area (TPSA) is 35.8 Å². The molecule has 1 rings (SSSR count). The smallest absolute Gasteiger partial charge is 0.0960 e. The highest BCUT2D eigenvalue weighted by molar-refractivity contribution is 7.99. The minimum Gasteiger partial charge on any atom is -0.302 e. The predicted octanol–water partition coefficient (Wildman–Crippen LogP) is 2.55. The monoisotopic (exact) mass is 212 g/mol. The molecule has 0 aliphatic heterocycles. The van der Waals surface area contributed by atoms with Gasteiger partial charge in [-0.05, 0) is 31.6 Å². The Labute approximate surface area is 91.4 Å². The molecule has 1 aliphatic rings. The summed E-state index contributed by atoms with van der Waals surface area (Å²) in [5.74, 6) is 1.13. The van der Waals surface area contributed by atoms with E-state index < -0.39 is 0 Å². The van der Waals surface area contributed by atoms with Crippen molar-refractivity contribution >= 4 is 11.8 Å². The van der Waals surface area contributed by atoms with E-state index in [2.05, 4.69) is 30.1 Å². The van der Waals surface area contributed by atoms with Crippen molar-refractivity contribution in [2.75, 3.05) is 12.3 Å². The molecule has 3 heteroatoms. The summed E-state index contributed by atoms with van der Waals surface area (Å²) in [7, 11) is 0. The first-order chi connectivity index (χ1) is 6.86. The average Bonchev–Trinajstić information content (AvgIpc) is 2.69. The van der Waals surface area contributed by atoms with Crippen molar-refractivity contribution in [1.29, 1.82) is 5.26 Å². The molecule has 0 aromatic rings. The van der Waals surface area contributed by atoms with Gasteiger partial charge in [0.2, 0.25) is 0 Å². The first-order valence-electron chi connectivity index (χ1n) is 5.61. The van der Waals surface area contributed by atoms with Gasteiger partial charge in [-0.2, -0.15) is 17.0 Å². The van der Waals surface area contributed by atoms with Gasteiger partial charge in [0.15, 0.2) is 0 Å². The zero-order chi connectivity index (χ0) is 10.2. The lowest BCUT2D eigenvalue weighted by Crippen LogP contribution is -2.27. The second kappa shape index (κ2) is 7.14. The van der Waals surface area contributed by atoms with Crippen LogP contribution in [0.4, 0.5) is 0 Å². The summed E-state index contributed by atoms with van der Waals surface area (Å²) < 4.78 is 0. The number of nitrogens with one attached hydrogen (secondary N) is 1. The fraction of sp³-hybridized carbons (Fsp3) is 0.909. The number of thioether (sulfide) groups is 1. The van der Waals surface area contributed by atoms with Gasteiger partial charge < -0.3 is 5.32 Å². The molecule has 0 aromatic carbocycles. The molecule has 1 saturated carbocycles. The number of nitriles is 1. The number of nitrogens with zero attached hydrogens (tertiary/aromatic N) is 1. The summed E-state index contributed by atoms with van der Waals surface area (Å²) in [6, 6.07) is 2.37. The molecule has 1 aliphatic carbocycles. The van der Waals surface area contributed by atoms with Crippen LogP contribution < -0.4 is 5.32 Å². The van der Waals surface area contributed by atoms with E-state index in [1.54, 1.807) is 0 Å². The minimum atomic E-state index is 0.0638. The molecule has 14 heavy (non-hydrogen) atoms. The summed E-state index contributed by atoms with van der Waals surface area (Å²) in [6.45, 7) is 2.95. The maximum atomic E-state index is 8.83. The van der Waals surface area contributed by atoms with Crippen LogP contribution in [0.15, 0.2) is 0 Å². The van der Waals surface area contributed by atoms with Crippen LogP contribution in [0.25, 0.3) is 0 Å². The Bertz CT molecular complexity index is 182. The molecule has 80 valence electrons. The third-order valence-corrected chi connectivity index (χ3v) is 4.08. The quantitative estimate of drug-likeness (QED) is 0.735. The highest BCUT2D eigenvalue weighted by Crippen LogP contribution is 2.29. The fourth-order valence-corrected chi connectivity index (χ4v) is 3.24. The van der Waals surface area contributed by atoms with Crippen LogP contribution in [0.2, 0.25) is 0 Å². The minimum absolute atomic E-state index is 0.0638. The lowest BCUT2D eigenvalue weighted by atomic mass is 10.2. The van der Waals surface area contributed by atoms with Crippen LogP contribution in [-0.4, -0.2) is 23.6 Å². The Kier molecular flexibility index (Phi) is 6.05. The average molecular weight is 212 g/mol. The van der Waals surface area contributed by atoms with Gasteiger partial charge in [0.25, 0.3) is 0 Å². The van der Waals surface area contributed by atoms with Gasteiger partial charge in [0, 0.05) is 5.25 Å². The maximum absolute atomic E-state index is 8.83. The van der Waals surface area contributed by atoms with Crippen LogP contribution >= 0.6 is 11.8 Å². The van der Waals surface area contributed by atoms with Gasteiger partial charge in [-0.3, -0.25) is 0 Å². The Morgan fingerprint density at radius 2 is 2.21 bits per heavy atom. The summed E-state index contributed by atoms with van der Waals surface area (Å²) in [4.78, 5) is 0. The normalized spacial score (nSPS) is 19.4. The van der Waals surface area contributed by atoms with Crippen LogP contribution in [0, 0.1) is 11.3 Å². The van der Waals surface area contributed by atoms with Crippen molar-refractivity contribution < 1.29 is 0 Å². The molecule has 1 fully saturated rings. The predicted molar refractivity (Wildman–Crippen MR) is 62.4 cm³/mol. The van der Waals surface area contributed by atoms with Crippen LogP contribution in [-0.2, 0) is 0 Å². The standard InChI is InChI=1S/C11H20N2S/c1-2-13-10(9-12)7-8-14-11-5-3-4-6-11/h10-11,13H,2-8H2,1H3. The fourth-order valence-electron chi connectivity index (χ4n) is 1.87. The number of hydrogen-bond acceptors (Lipinski definition) is 3. The molecular formula is C11H20N2S. The second-order valence-electron chi connectivity index (χ2n) is 3.81. The molecule has 0 amide bonds. The van der Waals surface area contributed by atoms with Gasteiger partial charge in [0.1, 0.15) is 0 Å². The number of hydrogen-bond donors (Lipinski definition) is 1. The zero-order valence-corrected chi connectivity index (χ0v) is 9.78. The molecule has 0 aromatic heterocycles. The summed E-state index contributed by atoms with van der Waals surface area (Å²) in [5.41, 5.74) is 0. The summed E-state index contributed by atoms with van der Waals surface area (Å²) in [6.07, 6.45) is 6.59. The zero-order valence-electron chi connectivity index (χ0n) is 8.96. The molecule has 0 bridgehead atoms. The molecule has 2 nitrogen and oxygen atoms in total. The van der Waals surface area contributed by atoms with E-state index >= 15 is 0 Å². The molecule has 0 heterocycles. The van der Waals surface area contributed by atoms with Crippen LogP contribution in [0.5, 0.6) is 0 Å². The SMILES string of the molecule is CCNC(C#N)CCSC1CCCC1. The van der Waals surface area contributed by atoms with E-state index in [0.29, 0.717) is 0 Å². The van der Waals surface area contributed by atoms with Crippen molar-refractivity contribution in [2.24, 2.45) is 0 Å². The molecule has 1 atom stereocenters. The van der Waals surface area contributed by atoms with Crippen molar-refractivity contribution in [3.05, 3.63) is 0 Å². The highest BCUT2D eigenvalue weighted by atomic mass is 32.2. The van der Waals surface area contributed by atoms with Crippen molar-refractivity contribution in [2.45, 2.75) is 50.3 Å². The van der Waals surface area contributed by atoms with E-state index in [9.17, 15) is 0 Å². The molecule has 0 radical (unpaired) electrons. The molecule has 0 saturated heterocycles. The Balaban J connectivity index is 2.04. The van der Waals surface area contributed by atoms with Gasteiger partial charge in [0.05, 0.1) is 12.1 Å². The Morgan fingerprint density at radius 3 is 2.79 bits per heavy atom. The van der Waals surface area contributed by atoms with Crippen LogP contribution in [0.1, 0.15) is 39.0 Å². The van der Waals surface area contributed by atoms with Crippen molar-refractivity contribution in [1.82, 2.24) is 5.32 Å². The first-order valence-corrected chi connectivity index (χ1v) is 6.66. The van der Waals surface area contributed by atoms with Crippen molar-refractivity contribution in [3.8, 4) is 6.07 Å². The molecule has 0 spiro atoms. The van der Waals surface area contributed by atoms with Gasteiger partial charge in [-0.15, -0.1) is 0 Å². The Hall–Kier alpha value is -0.200. The third kappa shape index (κ3) is 4.34. The third-order valence-electron chi connectivity index (χ3n) is 2.67. The lowest BCUT2D eigenvalue weighted by molar-refractivity contribution is 0.612. The van der Waals surface area contributed by atoms with E-state index in [4.69, 9.17) is 5.26 Å². The van der Waals surface area contributed by atoms with E-state index in [0.717, 1.165) is 24.0 Å². The van der Waals surface area contributed by atoms with Gasteiger partial charge >= 0.3 is 0 Å². The maximum Gasteiger partial charge on any atom is 0.0960 e. The van der Waals surface area contributed by atoms with E-state index in [1.807, 2.05) is 0 Å². The van der Waals surface area contributed by atoms with Gasteiger partial charge in [-0.1, -0.05) is 19.8 Å². The highest BCUT2D eigenvalue weighted by Gasteiger charge is 2.15. The van der Waals surface area contributed by atoms with E-state index in [-0.39, 0.29) is 6.04 Å². The summed E-state index contributed by atoms with van der Waals surface area (Å²) in [5, 5.41) is 12.9. The largest absolute Gasteiger partial charge is 0.302 e. The van der Waals surface area contributed by atoms with E-state index in [1.165, 1.54) is 25.7 Å². The first kappa shape index (κ1) is 11.9. The number of rotatable bonds is 6. The molecular weight excluding hydrogens is 192 g/mol. The van der Waals surface area contributed by atoms with Gasteiger partial charge in [-0.25, -0.2) is 0 Å². The Morgan fingerprint density at radius 1 is 1.50 bits per heavy atom. The van der Waals surface area contributed by atoms with Crippen molar-refractivity contribution in [3.63, 3.8) is 0 Å². The summed E-state index contributed by atoms with van der Waals surface area (Å²) >= 11 is 2.06. The molecule has 1 unspecified atom stereocenters. The second-order valence-corrected chi connectivity index (χ2v) is 5.21.